The van der Waals surface area contributed by atoms with Crippen LogP contribution in [0, 0.1) is 0 Å². The van der Waals surface area contributed by atoms with E-state index in [9.17, 15) is 5.11 Å². The molecule has 1 aliphatic heterocycles. The number of methoxy groups -OCH3 is 1. The fourth-order valence-electron chi connectivity index (χ4n) is 3.26. The van der Waals surface area contributed by atoms with Gasteiger partial charge in [-0.1, -0.05) is 12.5 Å². The van der Waals surface area contributed by atoms with Crippen LogP contribution in [-0.2, 0) is 4.74 Å². The minimum Gasteiger partial charge on any atom is -0.497 e. The summed E-state index contributed by atoms with van der Waals surface area (Å²) in [4.78, 5) is 2.39. The summed E-state index contributed by atoms with van der Waals surface area (Å²) in [7, 11) is 1.63. The van der Waals surface area contributed by atoms with Gasteiger partial charge in [-0.05, 0) is 38.8 Å². The number of ether oxygens (including phenoxy) is 3. The van der Waals surface area contributed by atoms with Crippen molar-refractivity contribution >= 4 is 0 Å². The second-order valence-electron chi connectivity index (χ2n) is 6.58. The lowest BCUT2D eigenvalue weighted by Crippen LogP contribution is -2.48. The van der Waals surface area contributed by atoms with Crippen molar-refractivity contribution in [2.45, 2.75) is 51.3 Å². The largest absolute Gasteiger partial charge is 0.497 e. The van der Waals surface area contributed by atoms with E-state index in [4.69, 9.17) is 14.2 Å². The van der Waals surface area contributed by atoms with Crippen LogP contribution >= 0.6 is 0 Å². The maximum Gasteiger partial charge on any atom is 0.123 e. The average Bonchev–Trinajstić information content (AvgIpc) is 2.58. The van der Waals surface area contributed by atoms with Crippen molar-refractivity contribution < 1.29 is 19.3 Å². The molecule has 0 radical (unpaired) electrons. The van der Waals surface area contributed by atoms with E-state index in [-0.39, 0.29) is 0 Å². The standard InChI is InChI=1S/C19H31NO4/c1-15-6-4-7-16(2)20(15)13-17(21)14-23-10-11-24-19-9-5-8-18(12-19)22-3/h5,8-9,12,15-17,21H,4,6-7,10-11,13-14H2,1-3H3/t15-,16+,17-/m0/s1. The van der Waals surface area contributed by atoms with Crippen molar-refractivity contribution in [3.63, 3.8) is 0 Å². The van der Waals surface area contributed by atoms with Gasteiger partial charge in [0.15, 0.2) is 0 Å². The van der Waals surface area contributed by atoms with Crippen LogP contribution in [0.25, 0.3) is 0 Å². The van der Waals surface area contributed by atoms with E-state index in [0.29, 0.717) is 38.4 Å². The van der Waals surface area contributed by atoms with Gasteiger partial charge in [0, 0.05) is 24.7 Å². The van der Waals surface area contributed by atoms with Gasteiger partial charge in [0.1, 0.15) is 18.1 Å². The van der Waals surface area contributed by atoms with E-state index in [2.05, 4.69) is 18.7 Å². The Labute approximate surface area is 145 Å². The Morgan fingerprint density at radius 2 is 1.88 bits per heavy atom. The highest BCUT2D eigenvalue weighted by atomic mass is 16.5. The Hall–Kier alpha value is -1.30. The lowest BCUT2D eigenvalue weighted by Gasteiger charge is -2.40. The number of rotatable bonds is 9. The number of aliphatic hydroxyl groups is 1. The van der Waals surface area contributed by atoms with E-state index in [1.54, 1.807) is 7.11 Å². The number of hydrogen-bond donors (Lipinski definition) is 1. The fraction of sp³-hybridized carbons (Fsp3) is 0.684. The van der Waals surface area contributed by atoms with Crippen molar-refractivity contribution in [2.24, 2.45) is 0 Å². The average molecular weight is 337 g/mol. The molecule has 1 heterocycles. The maximum atomic E-state index is 10.2. The van der Waals surface area contributed by atoms with Crippen LogP contribution < -0.4 is 9.47 Å². The van der Waals surface area contributed by atoms with Crippen LogP contribution in [0.5, 0.6) is 11.5 Å². The van der Waals surface area contributed by atoms with E-state index >= 15 is 0 Å². The molecular formula is C19H31NO4. The molecule has 0 amide bonds. The highest BCUT2D eigenvalue weighted by Crippen LogP contribution is 2.22. The number of nitrogens with zero attached hydrogens (tertiary/aromatic N) is 1. The molecule has 1 N–H and O–H groups in total. The number of benzene rings is 1. The quantitative estimate of drug-likeness (QED) is 0.702. The summed E-state index contributed by atoms with van der Waals surface area (Å²) in [5.74, 6) is 1.53. The topological polar surface area (TPSA) is 51.2 Å². The first-order valence-corrected chi connectivity index (χ1v) is 8.88. The molecule has 0 spiro atoms. The van der Waals surface area contributed by atoms with Crippen LogP contribution in [0.3, 0.4) is 0 Å². The first-order valence-electron chi connectivity index (χ1n) is 8.88. The van der Waals surface area contributed by atoms with Crippen molar-refractivity contribution in [1.82, 2.24) is 4.90 Å². The Balaban J connectivity index is 1.61. The summed E-state index contributed by atoms with van der Waals surface area (Å²) in [6, 6.07) is 8.58. The van der Waals surface area contributed by atoms with Crippen molar-refractivity contribution in [3.8, 4) is 11.5 Å². The maximum absolute atomic E-state index is 10.2. The molecule has 5 nitrogen and oxygen atoms in total. The molecule has 0 aliphatic carbocycles. The van der Waals surface area contributed by atoms with Gasteiger partial charge < -0.3 is 19.3 Å². The Morgan fingerprint density at radius 1 is 1.17 bits per heavy atom. The lowest BCUT2D eigenvalue weighted by atomic mass is 9.97. The van der Waals surface area contributed by atoms with Gasteiger partial charge in [-0.25, -0.2) is 0 Å². The summed E-state index contributed by atoms with van der Waals surface area (Å²) in [5.41, 5.74) is 0. The molecule has 1 aromatic rings. The molecule has 1 aliphatic rings. The van der Waals surface area contributed by atoms with Crippen LogP contribution in [-0.4, -0.2) is 61.7 Å². The number of hydrogen-bond acceptors (Lipinski definition) is 5. The van der Waals surface area contributed by atoms with Gasteiger partial charge in [0.25, 0.3) is 0 Å². The molecule has 0 unspecified atom stereocenters. The van der Waals surface area contributed by atoms with Crippen LogP contribution in [0.2, 0.25) is 0 Å². The van der Waals surface area contributed by atoms with E-state index < -0.39 is 6.10 Å². The summed E-state index contributed by atoms with van der Waals surface area (Å²) in [5, 5.41) is 10.2. The molecule has 24 heavy (non-hydrogen) atoms. The third kappa shape index (κ3) is 5.96. The number of piperidine rings is 1. The molecule has 1 saturated heterocycles. The molecule has 0 aromatic heterocycles. The normalized spacial score (nSPS) is 23.0. The Morgan fingerprint density at radius 3 is 2.58 bits per heavy atom. The summed E-state index contributed by atoms with van der Waals surface area (Å²) >= 11 is 0. The molecule has 0 bridgehead atoms. The van der Waals surface area contributed by atoms with Crippen molar-refractivity contribution in [2.75, 3.05) is 33.5 Å². The van der Waals surface area contributed by atoms with Crippen LogP contribution in [0.1, 0.15) is 33.1 Å². The Kier molecular flexibility index (Phi) is 7.82. The van der Waals surface area contributed by atoms with Gasteiger partial charge in [0.2, 0.25) is 0 Å². The van der Waals surface area contributed by atoms with E-state index in [1.165, 1.54) is 19.3 Å². The minimum atomic E-state index is -0.454. The highest BCUT2D eigenvalue weighted by Gasteiger charge is 2.26. The molecular weight excluding hydrogens is 306 g/mol. The lowest BCUT2D eigenvalue weighted by molar-refractivity contribution is -0.0141. The van der Waals surface area contributed by atoms with Crippen LogP contribution in [0.4, 0.5) is 0 Å². The third-order valence-corrected chi connectivity index (χ3v) is 4.65. The van der Waals surface area contributed by atoms with Gasteiger partial charge in [-0.3, -0.25) is 4.90 Å². The molecule has 136 valence electrons. The summed E-state index contributed by atoms with van der Waals surface area (Å²) < 4.78 is 16.3. The fourth-order valence-corrected chi connectivity index (χ4v) is 3.26. The molecule has 3 atom stereocenters. The first-order chi connectivity index (χ1) is 11.6. The zero-order valence-electron chi connectivity index (χ0n) is 15.1. The van der Waals surface area contributed by atoms with Gasteiger partial charge in [-0.15, -0.1) is 0 Å². The second kappa shape index (κ2) is 9.87. The smallest absolute Gasteiger partial charge is 0.123 e. The molecule has 1 fully saturated rings. The van der Waals surface area contributed by atoms with Crippen molar-refractivity contribution in [3.05, 3.63) is 24.3 Å². The monoisotopic (exact) mass is 337 g/mol. The van der Waals surface area contributed by atoms with E-state index in [0.717, 1.165) is 11.5 Å². The van der Waals surface area contributed by atoms with Gasteiger partial charge in [-0.2, -0.15) is 0 Å². The first kappa shape index (κ1) is 19.0. The predicted octanol–water partition coefficient (Wildman–Crippen LogP) is 2.71. The van der Waals surface area contributed by atoms with Gasteiger partial charge >= 0.3 is 0 Å². The Bertz CT molecular complexity index is 472. The third-order valence-electron chi connectivity index (χ3n) is 4.65. The molecule has 0 saturated carbocycles. The number of aliphatic hydroxyl groups excluding tert-OH is 1. The SMILES string of the molecule is COc1cccc(OCCOC[C@@H](O)CN2[C@H](C)CCC[C@@H]2C)c1. The summed E-state index contributed by atoms with van der Waals surface area (Å²) in [6.45, 7) is 6.42. The van der Waals surface area contributed by atoms with Gasteiger partial charge in [0.05, 0.1) is 26.4 Å². The highest BCUT2D eigenvalue weighted by molar-refractivity contribution is 5.32. The zero-order chi connectivity index (χ0) is 17.4. The second-order valence-corrected chi connectivity index (χ2v) is 6.58. The number of likely N-dealkylation sites (tertiary alicyclic amines) is 1. The minimum absolute atomic E-state index is 0.345. The molecule has 5 heteroatoms. The predicted molar refractivity (Wildman–Crippen MR) is 94.8 cm³/mol. The number of β-amino-alcohol motifs (C(OH)–C–C–N with tert-alkyl or cyclic N) is 1. The molecule has 1 aromatic carbocycles. The van der Waals surface area contributed by atoms with E-state index in [1.807, 2.05) is 24.3 Å². The zero-order valence-corrected chi connectivity index (χ0v) is 15.1. The summed E-state index contributed by atoms with van der Waals surface area (Å²) in [6.07, 6.45) is 3.26. The van der Waals surface area contributed by atoms with Crippen LogP contribution in [0.15, 0.2) is 24.3 Å². The molecule has 2 rings (SSSR count). The van der Waals surface area contributed by atoms with Crippen molar-refractivity contribution in [1.29, 1.82) is 0 Å².